The van der Waals surface area contributed by atoms with Crippen LogP contribution < -0.4 is 5.73 Å². The molecule has 2 rings (SSSR count). The molecule has 2 N–H and O–H groups in total. The Kier molecular flexibility index (Phi) is 5.74. The lowest BCUT2D eigenvalue weighted by molar-refractivity contribution is 0.256. The second kappa shape index (κ2) is 6.60. The van der Waals surface area contributed by atoms with Crippen molar-refractivity contribution in [2.45, 2.75) is 25.9 Å². The lowest BCUT2D eigenvalue weighted by Crippen LogP contribution is -2.27. The quantitative estimate of drug-likeness (QED) is 0.919. The smallest absolute Gasteiger partial charge is 0.0451 e. The summed E-state index contributed by atoms with van der Waals surface area (Å²) in [7, 11) is 0. The lowest BCUT2D eigenvalue weighted by Gasteiger charge is -2.21. The van der Waals surface area contributed by atoms with E-state index in [9.17, 15) is 0 Å². The second-order valence-electron chi connectivity index (χ2n) is 4.71. The number of likely N-dealkylation sites (tertiary alicyclic amines) is 1. The van der Waals surface area contributed by atoms with E-state index in [2.05, 4.69) is 17.9 Å². The van der Waals surface area contributed by atoms with Gasteiger partial charge in [0.25, 0.3) is 0 Å². The number of halogens is 2. The molecule has 1 fully saturated rings. The SMILES string of the molecule is CC1CC(CN)CN1Cc1ccccc1Cl.Cl. The van der Waals surface area contributed by atoms with Crippen molar-refractivity contribution in [2.24, 2.45) is 11.7 Å². The fourth-order valence-corrected chi connectivity index (χ4v) is 2.65. The predicted molar refractivity (Wildman–Crippen MR) is 75.7 cm³/mol. The first-order chi connectivity index (χ1) is 7.70. The molecular formula is C13H20Cl2N2. The van der Waals surface area contributed by atoms with E-state index >= 15 is 0 Å². The summed E-state index contributed by atoms with van der Waals surface area (Å²) in [5, 5.41) is 0.867. The van der Waals surface area contributed by atoms with Crippen LogP contribution in [0.1, 0.15) is 18.9 Å². The van der Waals surface area contributed by atoms with Gasteiger partial charge in [0.15, 0.2) is 0 Å². The summed E-state index contributed by atoms with van der Waals surface area (Å²) in [4.78, 5) is 2.47. The molecule has 2 unspecified atom stereocenters. The molecule has 1 aromatic rings. The summed E-state index contributed by atoms with van der Waals surface area (Å²) >= 11 is 6.17. The largest absolute Gasteiger partial charge is 0.330 e. The minimum absolute atomic E-state index is 0. The van der Waals surface area contributed by atoms with Gasteiger partial charge in [0, 0.05) is 24.2 Å². The Labute approximate surface area is 115 Å². The number of nitrogens with zero attached hydrogens (tertiary/aromatic N) is 1. The van der Waals surface area contributed by atoms with E-state index < -0.39 is 0 Å². The average molecular weight is 275 g/mol. The summed E-state index contributed by atoms with van der Waals surface area (Å²) in [6, 6.07) is 8.69. The lowest BCUT2D eigenvalue weighted by atomic mass is 10.1. The molecule has 0 amide bonds. The van der Waals surface area contributed by atoms with Crippen molar-refractivity contribution in [3.63, 3.8) is 0 Å². The Morgan fingerprint density at radius 2 is 2.12 bits per heavy atom. The van der Waals surface area contributed by atoms with Crippen LogP contribution in [0.4, 0.5) is 0 Å². The van der Waals surface area contributed by atoms with Gasteiger partial charge < -0.3 is 5.73 Å². The molecule has 1 aliphatic rings. The topological polar surface area (TPSA) is 29.3 Å². The predicted octanol–water partition coefficient (Wildman–Crippen LogP) is 2.93. The zero-order chi connectivity index (χ0) is 11.5. The van der Waals surface area contributed by atoms with E-state index in [1.165, 1.54) is 12.0 Å². The third-order valence-electron chi connectivity index (χ3n) is 3.46. The highest BCUT2D eigenvalue weighted by Crippen LogP contribution is 2.26. The highest BCUT2D eigenvalue weighted by atomic mass is 35.5. The summed E-state index contributed by atoms with van der Waals surface area (Å²) in [5.41, 5.74) is 6.95. The van der Waals surface area contributed by atoms with Crippen molar-refractivity contribution in [3.05, 3.63) is 34.9 Å². The number of hydrogen-bond acceptors (Lipinski definition) is 2. The van der Waals surface area contributed by atoms with Gasteiger partial charge in [-0.15, -0.1) is 12.4 Å². The Morgan fingerprint density at radius 3 is 2.71 bits per heavy atom. The summed E-state index contributed by atoms with van der Waals surface area (Å²) < 4.78 is 0. The van der Waals surface area contributed by atoms with Crippen LogP contribution in [0, 0.1) is 5.92 Å². The van der Waals surface area contributed by atoms with Gasteiger partial charge >= 0.3 is 0 Å². The van der Waals surface area contributed by atoms with Crippen LogP contribution in [0.15, 0.2) is 24.3 Å². The molecule has 2 atom stereocenters. The van der Waals surface area contributed by atoms with Gasteiger partial charge in [-0.3, -0.25) is 4.90 Å². The van der Waals surface area contributed by atoms with Crippen LogP contribution in [0.25, 0.3) is 0 Å². The van der Waals surface area contributed by atoms with E-state index in [4.69, 9.17) is 17.3 Å². The van der Waals surface area contributed by atoms with Crippen LogP contribution >= 0.6 is 24.0 Å². The first-order valence-corrected chi connectivity index (χ1v) is 6.26. The van der Waals surface area contributed by atoms with Gasteiger partial charge in [-0.1, -0.05) is 29.8 Å². The Bertz CT molecular complexity index is 357. The van der Waals surface area contributed by atoms with Gasteiger partial charge in [0.2, 0.25) is 0 Å². The van der Waals surface area contributed by atoms with Crippen LogP contribution in [-0.4, -0.2) is 24.0 Å². The van der Waals surface area contributed by atoms with Crippen LogP contribution in [-0.2, 0) is 6.54 Å². The van der Waals surface area contributed by atoms with Crippen molar-refractivity contribution in [3.8, 4) is 0 Å². The molecule has 0 aliphatic carbocycles. The van der Waals surface area contributed by atoms with E-state index in [1.54, 1.807) is 0 Å². The van der Waals surface area contributed by atoms with E-state index in [0.29, 0.717) is 12.0 Å². The number of rotatable bonds is 3. The van der Waals surface area contributed by atoms with Crippen molar-refractivity contribution in [2.75, 3.05) is 13.1 Å². The van der Waals surface area contributed by atoms with Gasteiger partial charge in [0.05, 0.1) is 0 Å². The molecule has 0 saturated carbocycles. The molecule has 2 nitrogen and oxygen atoms in total. The van der Waals surface area contributed by atoms with Gasteiger partial charge in [-0.2, -0.15) is 0 Å². The first-order valence-electron chi connectivity index (χ1n) is 5.88. The average Bonchev–Trinajstić information content (AvgIpc) is 2.63. The number of benzene rings is 1. The Morgan fingerprint density at radius 1 is 1.41 bits per heavy atom. The molecule has 4 heteroatoms. The highest BCUT2D eigenvalue weighted by Gasteiger charge is 2.28. The molecule has 1 aromatic carbocycles. The molecule has 0 radical (unpaired) electrons. The van der Waals surface area contributed by atoms with Crippen LogP contribution in [0.2, 0.25) is 5.02 Å². The maximum atomic E-state index is 6.17. The van der Waals surface area contributed by atoms with Gasteiger partial charge in [-0.25, -0.2) is 0 Å². The van der Waals surface area contributed by atoms with E-state index in [1.807, 2.05) is 18.2 Å². The number of nitrogens with two attached hydrogens (primary N) is 1. The third-order valence-corrected chi connectivity index (χ3v) is 3.82. The molecular weight excluding hydrogens is 255 g/mol. The van der Waals surface area contributed by atoms with E-state index in [-0.39, 0.29) is 12.4 Å². The molecule has 0 aromatic heterocycles. The summed E-state index contributed by atoms with van der Waals surface area (Å²) in [6.07, 6.45) is 1.21. The van der Waals surface area contributed by atoms with Crippen molar-refractivity contribution in [1.29, 1.82) is 0 Å². The van der Waals surface area contributed by atoms with Gasteiger partial charge in [-0.05, 0) is 37.4 Å². The molecule has 1 heterocycles. The van der Waals surface area contributed by atoms with Crippen molar-refractivity contribution in [1.82, 2.24) is 4.90 Å². The van der Waals surface area contributed by atoms with E-state index in [0.717, 1.165) is 24.7 Å². The standard InChI is InChI=1S/C13H19ClN2.ClH/c1-10-6-11(7-15)8-16(10)9-12-4-2-3-5-13(12)14;/h2-5,10-11H,6-9,15H2,1H3;1H. The highest BCUT2D eigenvalue weighted by molar-refractivity contribution is 6.31. The third kappa shape index (κ3) is 3.59. The normalized spacial score (nSPS) is 24.6. The van der Waals surface area contributed by atoms with Gasteiger partial charge in [0.1, 0.15) is 0 Å². The molecule has 1 aliphatic heterocycles. The zero-order valence-electron chi connectivity index (χ0n) is 10.1. The summed E-state index contributed by atoms with van der Waals surface area (Å²) in [5.74, 6) is 0.650. The maximum Gasteiger partial charge on any atom is 0.0451 e. The van der Waals surface area contributed by atoms with Crippen molar-refractivity contribution < 1.29 is 0 Å². The fourth-order valence-electron chi connectivity index (χ4n) is 2.45. The molecule has 0 bridgehead atoms. The maximum absolute atomic E-state index is 6.17. The molecule has 96 valence electrons. The Hall–Kier alpha value is -0.280. The minimum Gasteiger partial charge on any atom is -0.330 e. The minimum atomic E-state index is 0. The molecule has 17 heavy (non-hydrogen) atoms. The first kappa shape index (κ1) is 14.8. The molecule has 1 saturated heterocycles. The molecule has 0 spiro atoms. The van der Waals surface area contributed by atoms with Crippen LogP contribution in [0.3, 0.4) is 0 Å². The fraction of sp³-hybridized carbons (Fsp3) is 0.538. The van der Waals surface area contributed by atoms with Crippen LogP contribution in [0.5, 0.6) is 0 Å². The summed E-state index contributed by atoms with van der Waals surface area (Å²) in [6.45, 7) is 5.11. The number of hydrogen-bond donors (Lipinski definition) is 1. The monoisotopic (exact) mass is 274 g/mol. The Balaban J connectivity index is 0.00000144. The second-order valence-corrected chi connectivity index (χ2v) is 5.11. The van der Waals surface area contributed by atoms with Crippen molar-refractivity contribution >= 4 is 24.0 Å². The zero-order valence-corrected chi connectivity index (χ0v) is 11.7.